The summed E-state index contributed by atoms with van der Waals surface area (Å²) in [6.07, 6.45) is 3.31. The highest BCUT2D eigenvalue weighted by Crippen LogP contribution is 2.38. The summed E-state index contributed by atoms with van der Waals surface area (Å²) in [4.78, 5) is 19.0. The normalized spacial score (nSPS) is 20.5. The lowest BCUT2D eigenvalue weighted by Gasteiger charge is -2.30. The monoisotopic (exact) mass is 322 g/mol. The number of aliphatic carboxylic acids is 1. The minimum absolute atomic E-state index is 0.146. The number of hydrogen-bond acceptors (Lipinski definition) is 4. The Morgan fingerprint density at radius 2 is 2.29 bits per heavy atom. The van der Waals surface area contributed by atoms with Gasteiger partial charge < -0.3 is 5.11 Å². The minimum Gasteiger partial charge on any atom is -0.480 e. The quantitative estimate of drug-likeness (QED) is 0.937. The van der Waals surface area contributed by atoms with Crippen LogP contribution < -0.4 is 0 Å². The molecule has 1 fully saturated rings. The second-order valence-electron chi connectivity index (χ2n) is 5.03. The number of thiophene rings is 1. The maximum absolute atomic E-state index is 11.5. The van der Waals surface area contributed by atoms with Crippen LogP contribution in [0.25, 0.3) is 0 Å². The Bertz CT molecular complexity index is 632. The Labute approximate surface area is 132 Å². The molecule has 0 bridgehead atoms. The van der Waals surface area contributed by atoms with Crippen molar-refractivity contribution in [1.29, 1.82) is 0 Å². The van der Waals surface area contributed by atoms with Crippen molar-refractivity contribution < 1.29 is 9.90 Å². The molecule has 2 unspecified atom stereocenters. The third-order valence-corrected chi connectivity index (χ3v) is 5.03. The van der Waals surface area contributed by atoms with Crippen molar-refractivity contribution in [2.75, 3.05) is 6.54 Å². The molecule has 0 spiro atoms. The SMILES string of the molecule is O=C(O)C1CCCN1C(c1ccccn1)c1ccc(Cl)s1. The van der Waals surface area contributed by atoms with Crippen LogP contribution in [0.1, 0.15) is 29.5 Å². The Balaban J connectivity index is 2.02. The van der Waals surface area contributed by atoms with E-state index < -0.39 is 12.0 Å². The molecule has 110 valence electrons. The highest BCUT2D eigenvalue weighted by Gasteiger charge is 2.37. The van der Waals surface area contributed by atoms with Crippen molar-refractivity contribution in [2.45, 2.75) is 24.9 Å². The molecule has 2 atom stereocenters. The van der Waals surface area contributed by atoms with Gasteiger partial charge in [0, 0.05) is 17.6 Å². The van der Waals surface area contributed by atoms with E-state index in [1.807, 2.05) is 35.2 Å². The molecule has 2 aromatic heterocycles. The molecule has 3 heterocycles. The number of hydrogen-bond donors (Lipinski definition) is 1. The zero-order valence-electron chi connectivity index (χ0n) is 11.3. The predicted octanol–water partition coefficient (Wildman–Crippen LogP) is 3.43. The van der Waals surface area contributed by atoms with E-state index in [4.69, 9.17) is 11.6 Å². The Morgan fingerprint density at radius 1 is 1.43 bits per heavy atom. The van der Waals surface area contributed by atoms with E-state index in [-0.39, 0.29) is 6.04 Å². The molecular weight excluding hydrogens is 308 g/mol. The number of aromatic nitrogens is 1. The molecule has 0 saturated carbocycles. The number of carbonyl (C=O) groups is 1. The van der Waals surface area contributed by atoms with Crippen molar-refractivity contribution in [2.24, 2.45) is 0 Å². The van der Waals surface area contributed by atoms with Gasteiger partial charge in [-0.2, -0.15) is 0 Å². The van der Waals surface area contributed by atoms with Gasteiger partial charge in [0.15, 0.2) is 0 Å². The van der Waals surface area contributed by atoms with Crippen LogP contribution in [0, 0.1) is 0 Å². The molecule has 0 radical (unpaired) electrons. The van der Waals surface area contributed by atoms with Gasteiger partial charge in [-0.3, -0.25) is 14.7 Å². The fraction of sp³-hybridized carbons (Fsp3) is 0.333. The lowest BCUT2D eigenvalue weighted by atomic mass is 10.1. The number of rotatable bonds is 4. The molecule has 0 aromatic carbocycles. The van der Waals surface area contributed by atoms with Gasteiger partial charge in [0.1, 0.15) is 6.04 Å². The number of nitrogens with zero attached hydrogens (tertiary/aromatic N) is 2. The average Bonchev–Trinajstić information content (AvgIpc) is 3.10. The fourth-order valence-corrected chi connectivity index (χ4v) is 4.05. The lowest BCUT2D eigenvalue weighted by Crippen LogP contribution is -2.39. The molecule has 4 nitrogen and oxygen atoms in total. The van der Waals surface area contributed by atoms with Crippen molar-refractivity contribution in [3.8, 4) is 0 Å². The molecule has 21 heavy (non-hydrogen) atoms. The van der Waals surface area contributed by atoms with Crippen molar-refractivity contribution >= 4 is 28.9 Å². The van der Waals surface area contributed by atoms with Crippen LogP contribution in [0.2, 0.25) is 4.34 Å². The van der Waals surface area contributed by atoms with Crippen LogP contribution >= 0.6 is 22.9 Å². The maximum atomic E-state index is 11.5. The molecule has 3 rings (SSSR count). The summed E-state index contributed by atoms with van der Waals surface area (Å²) in [5, 5.41) is 9.45. The van der Waals surface area contributed by atoms with Gasteiger partial charge in [0.2, 0.25) is 0 Å². The van der Waals surface area contributed by atoms with Crippen molar-refractivity contribution in [1.82, 2.24) is 9.88 Å². The van der Waals surface area contributed by atoms with Gasteiger partial charge in [-0.25, -0.2) is 0 Å². The third kappa shape index (κ3) is 2.95. The first-order valence-electron chi connectivity index (χ1n) is 6.81. The molecule has 0 aliphatic carbocycles. The van der Waals surface area contributed by atoms with E-state index in [1.54, 1.807) is 6.20 Å². The molecule has 1 saturated heterocycles. The summed E-state index contributed by atoms with van der Waals surface area (Å²) in [5.41, 5.74) is 0.865. The molecule has 1 aliphatic heterocycles. The maximum Gasteiger partial charge on any atom is 0.320 e. The first-order valence-corrected chi connectivity index (χ1v) is 8.01. The summed E-state index contributed by atoms with van der Waals surface area (Å²) in [6, 6.07) is 8.93. The number of carboxylic acids is 1. The summed E-state index contributed by atoms with van der Waals surface area (Å²) in [5.74, 6) is -0.768. The van der Waals surface area contributed by atoms with Gasteiger partial charge in [0.05, 0.1) is 16.1 Å². The molecule has 1 N–H and O–H groups in total. The second-order valence-corrected chi connectivity index (χ2v) is 6.78. The predicted molar refractivity (Wildman–Crippen MR) is 82.8 cm³/mol. The lowest BCUT2D eigenvalue weighted by molar-refractivity contribution is -0.142. The largest absolute Gasteiger partial charge is 0.480 e. The van der Waals surface area contributed by atoms with Crippen LogP contribution in [-0.4, -0.2) is 33.5 Å². The van der Waals surface area contributed by atoms with Crippen molar-refractivity contribution in [3.63, 3.8) is 0 Å². The van der Waals surface area contributed by atoms with E-state index in [1.165, 1.54) is 11.3 Å². The Morgan fingerprint density at radius 3 is 2.90 bits per heavy atom. The van der Waals surface area contributed by atoms with Gasteiger partial charge in [-0.05, 0) is 37.1 Å². The number of carboxylic acid groups (broad SMARTS) is 1. The van der Waals surface area contributed by atoms with E-state index in [0.29, 0.717) is 10.8 Å². The summed E-state index contributed by atoms with van der Waals surface area (Å²) in [6.45, 7) is 0.758. The number of likely N-dealkylation sites (tertiary alicyclic amines) is 1. The Kier molecular flexibility index (Phi) is 4.24. The minimum atomic E-state index is -0.768. The molecule has 6 heteroatoms. The summed E-state index contributed by atoms with van der Waals surface area (Å²) >= 11 is 7.54. The molecular formula is C15H15ClN2O2S. The Hall–Kier alpha value is -1.43. The standard InChI is InChI=1S/C15H15ClN2O2S/c16-13-7-6-12(21-13)14(10-4-1-2-8-17-10)18-9-3-5-11(18)15(19)20/h1-2,4,6-8,11,14H,3,5,9H2,(H,19,20). The van der Waals surface area contributed by atoms with E-state index in [9.17, 15) is 9.90 Å². The van der Waals surface area contributed by atoms with Gasteiger partial charge in [0.25, 0.3) is 0 Å². The van der Waals surface area contributed by atoms with Crippen LogP contribution in [0.5, 0.6) is 0 Å². The van der Waals surface area contributed by atoms with Gasteiger partial charge in [-0.15, -0.1) is 11.3 Å². The number of pyridine rings is 1. The highest BCUT2D eigenvalue weighted by molar-refractivity contribution is 7.16. The smallest absolute Gasteiger partial charge is 0.320 e. The second kappa shape index (κ2) is 6.13. The van der Waals surface area contributed by atoms with Gasteiger partial charge >= 0.3 is 5.97 Å². The van der Waals surface area contributed by atoms with E-state index in [2.05, 4.69) is 4.98 Å². The van der Waals surface area contributed by atoms with Crippen LogP contribution in [-0.2, 0) is 4.79 Å². The topological polar surface area (TPSA) is 53.4 Å². The third-order valence-electron chi connectivity index (χ3n) is 3.74. The first kappa shape index (κ1) is 14.5. The first-order chi connectivity index (χ1) is 10.2. The molecule has 2 aromatic rings. The number of halogens is 1. The molecule has 1 aliphatic rings. The van der Waals surface area contributed by atoms with Crippen LogP contribution in [0.15, 0.2) is 36.5 Å². The van der Waals surface area contributed by atoms with Gasteiger partial charge in [-0.1, -0.05) is 17.7 Å². The van der Waals surface area contributed by atoms with E-state index >= 15 is 0 Å². The zero-order valence-corrected chi connectivity index (χ0v) is 12.8. The van der Waals surface area contributed by atoms with Crippen LogP contribution in [0.3, 0.4) is 0 Å². The van der Waals surface area contributed by atoms with E-state index in [0.717, 1.165) is 23.5 Å². The van der Waals surface area contributed by atoms with Crippen molar-refractivity contribution in [3.05, 3.63) is 51.4 Å². The van der Waals surface area contributed by atoms with Crippen LogP contribution in [0.4, 0.5) is 0 Å². The summed E-state index contributed by atoms with van der Waals surface area (Å²) in [7, 11) is 0. The molecule has 0 amide bonds. The highest BCUT2D eigenvalue weighted by atomic mass is 35.5. The fourth-order valence-electron chi connectivity index (χ4n) is 2.86. The average molecular weight is 323 g/mol. The summed E-state index contributed by atoms with van der Waals surface area (Å²) < 4.78 is 0.706. The zero-order chi connectivity index (χ0) is 14.8.